The Morgan fingerprint density at radius 2 is 1.78 bits per heavy atom. The molecule has 0 radical (unpaired) electrons. The number of aliphatic hydroxyl groups is 1. The second-order valence-corrected chi connectivity index (χ2v) is 9.45. The van der Waals surface area contributed by atoms with Gasteiger partial charge in [-0.2, -0.15) is 0 Å². The molecule has 0 spiro atoms. The Labute approximate surface area is 213 Å². The molecule has 194 valence electrons. The maximum absolute atomic E-state index is 13.7. The molecule has 7 nitrogen and oxygen atoms in total. The van der Waals surface area contributed by atoms with Crippen molar-refractivity contribution in [2.45, 2.75) is 50.7 Å². The normalized spacial score (nSPS) is 23.8. The zero-order valence-electron chi connectivity index (χ0n) is 21.7. The molecule has 1 saturated carbocycles. The first-order valence-electron chi connectivity index (χ1n) is 12.7. The zero-order valence-corrected chi connectivity index (χ0v) is 21.7. The Balaban J connectivity index is 1.69. The lowest BCUT2D eigenvalue weighted by Gasteiger charge is -2.52. The van der Waals surface area contributed by atoms with Crippen LogP contribution in [0.2, 0.25) is 0 Å². The lowest BCUT2D eigenvalue weighted by Crippen LogP contribution is -2.56. The van der Waals surface area contributed by atoms with Gasteiger partial charge < -0.3 is 29.0 Å². The minimum absolute atomic E-state index is 0.0415. The van der Waals surface area contributed by atoms with Gasteiger partial charge in [-0.05, 0) is 56.0 Å². The average molecular weight is 496 g/mol. The van der Waals surface area contributed by atoms with Crippen LogP contribution in [-0.4, -0.2) is 56.0 Å². The Morgan fingerprint density at radius 3 is 2.44 bits per heavy atom. The van der Waals surface area contributed by atoms with E-state index in [0.29, 0.717) is 36.8 Å². The smallest absolute Gasteiger partial charge is 0.247 e. The van der Waals surface area contributed by atoms with Crippen LogP contribution in [0.3, 0.4) is 0 Å². The number of para-hydroxylation sites is 1. The van der Waals surface area contributed by atoms with Crippen molar-refractivity contribution in [3.05, 3.63) is 53.6 Å². The van der Waals surface area contributed by atoms with E-state index in [1.807, 2.05) is 48.2 Å². The molecule has 1 aliphatic heterocycles. The zero-order chi connectivity index (χ0) is 25.7. The van der Waals surface area contributed by atoms with Crippen molar-refractivity contribution >= 4 is 12.0 Å². The number of nitrogens with zero attached hydrogens (tertiary/aromatic N) is 1. The summed E-state index contributed by atoms with van der Waals surface area (Å²) in [5.74, 6) is 2.18. The number of piperidine rings is 1. The highest BCUT2D eigenvalue weighted by Gasteiger charge is 2.50. The summed E-state index contributed by atoms with van der Waals surface area (Å²) < 4.78 is 22.3. The number of fused-ring (bicyclic) bond motifs is 1. The van der Waals surface area contributed by atoms with E-state index in [2.05, 4.69) is 0 Å². The molecule has 2 aliphatic rings. The van der Waals surface area contributed by atoms with Gasteiger partial charge in [0.25, 0.3) is 0 Å². The quantitative estimate of drug-likeness (QED) is 0.518. The maximum Gasteiger partial charge on any atom is 0.247 e. The molecule has 1 amide bonds. The highest BCUT2D eigenvalue weighted by Crippen LogP contribution is 2.51. The van der Waals surface area contributed by atoms with Crippen LogP contribution in [-0.2, 0) is 4.79 Å². The minimum atomic E-state index is -0.764. The van der Waals surface area contributed by atoms with Gasteiger partial charge in [0.15, 0.2) is 11.5 Å². The van der Waals surface area contributed by atoms with Gasteiger partial charge >= 0.3 is 0 Å². The van der Waals surface area contributed by atoms with Gasteiger partial charge in [0.1, 0.15) is 5.75 Å². The number of carbonyl (C=O) groups excluding carboxylic acids is 1. The Bertz CT molecular complexity index is 1070. The molecular weight excluding hydrogens is 458 g/mol. The van der Waals surface area contributed by atoms with Gasteiger partial charge in [0.05, 0.1) is 39.6 Å². The number of likely N-dealkylation sites (tertiary alicyclic amines) is 1. The van der Waals surface area contributed by atoms with E-state index in [1.54, 1.807) is 33.5 Å². The summed E-state index contributed by atoms with van der Waals surface area (Å²) in [6, 6.07) is 11.3. The Hall–Kier alpha value is -3.19. The van der Waals surface area contributed by atoms with Crippen LogP contribution >= 0.6 is 0 Å². The minimum Gasteiger partial charge on any atom is -0.494 e. The van der Waals surface area contributed by atoms with Crippen molar-refractivity contribution in [3.63, 3.8) is 0 Å². The molecule has 36 heavy (non-hydrogen) atoms. The molecule has 0 bridgehead atoms. The molecule has 1 aliphatic carbocycles. The molecule has 7 heteroatoms. The number of rotatable bonds is 8. The molecule has 1 N–H and O–H groups in total. The highest BCUT2D eigenvalue weighted by molar-refractivity contribution is 5.92. The molecule has 0 unspecified atom stereocenters. The van der Waals surface area contributed by atoms with E-state index in [0.717, 1.165) is 42.6 Å². The third-order valence-corrected chi connectivity index (χ3v) is 7.49. The number of hydrogen-bond donors (Lipinski definition) is 1. The molecule has 4 rings (SSSR count). The van der Waals surface area contributed by atoms with Crippen LogP contribution in [0.5, 0.6) is 23.0 Å². The summed E-state index contributed by atoms with van der Waals surface area (Å²) in [4.78, 5) is 15.6. The van der Waals surface area contributed by atoms with Gasteiger partial charge in [-0.25, -0.2) is 0 Å². The Kier molecular flexibility index (Phi) is 8.09. The van der Waals surface area contributed by atoms with Crippen molar-refractivity contribution in [1.29, 1.82) is 0 Å². The summed E-state index contributed by atoms with van der Waals surface area (Å²) in [7, 11) is 4.69. The van der Waals surface area contributed by atoms with E-state index < -0.39 is 5.60 Å². The number of carbonyl (C=O) groups is 1. The van der Waals surface area contributed by atoms with Gasteiger partial charge in [0, 0.05) is 24.1 Å². The molecule has 2 fully saturated rings. The van der Waals surface area contributed by atoms with Crippen LogP contribution in [0, 0.1) is 5.92 Å². The summed E-state index contributed by atoms with van der Waals surface area (Å²) in [6.07, 6.45) is 7.64. The fourth-order valence-electron chi connectivity index (χ4n) is 5.79. The average Bonchev–Trinajstić information content (AvgIpc) is 2.90. The second-order valence-electron chi connectivity index (χ2n) is 9.45. The molecular formula is C29H37NO6. The second kappa shape index (κ2) is 11.2. The largest absolute Gasteiger partial charge is 0.494 e. The van der Waals surface area contributed by atoms with Crippen LogP contribution in [0.4, 0.5) is 0 Å². The lowest BCUT2D eigenvalue weighted by atomic mass is 9.66. The first-order chi connectivity index (χ1) is 17.5. The van der Waals surface area contributed by atoms with Crippen molar-refractivity contribution in [2.75, 3.05) is 34.5 Å². The van der Waals surface area contributed by atoms with Gasteiger partial charge in [-0.1, -0.05) is 31.0 Å². The monoisotopic (exact) mass is 495 g/mol. The molecule has 2 aromatic carbocycles. The molecule has 3 atom stereocenters. The molecule has 1 heterocycles. The standard InChI is InChI=1S/C29H37NO6/c1-5-36-23-12-7-6-10-21(23)27-22-11-8-9-15-29(22,32)16-17-30(27)26(31)14-13-20-18-24(33-2)28(35-4)25(19-20)34-3/h6-7,10,12-14,18-19,22,27,32H,5,8-9,11,15-17H2,1-4H3/b14-13+/t22-,27-,29+/m0/s1. The van der Waals surface area contributed by atoms with Crippen molar-refractivity contribution < 1.29 is 28.8 Å². The third-order valence-electron chi connectivity index (χ3n) is 7.49. The number of benzene rings is 2. The van der Waals surface area contributed by atoms with Gasteiger partial charge in [-0.3, -0.25) is 4.79 Å². The molecule has 1 saturated heterocycles. The van der Waals surface area contributed by atoms with E-state index >= 15 is 0 Å². The predicted octanol–water partition coefficient (Wildman–Crippen LogP) is 5.02. The van der Waals surface area contributed by atoms with E-state index in [9.17, 15) is 9.90 Å². The summed E-state index contributed by atoms with van der Waals surface area (Å²) in [5.41, 5.74) is 0.952. The summed E-state index contributed by atoms with van der Waals surface area (Å²) >= 11 is 0. The fourth-order valence-corrected chi connectivity index (χ4v) is 5.79. The maximum atomic E-state index is 13.7. The first-order valence-corrected chi connectivity index (χ1v) is 12.7. The summed E-state index contributed by atoms with van der Waals surface area (Å²) in [5, 5.41) is 11.6. The number of methoxy groups -OCH3 is 3. The van der Waals surface area contributed by atoms with Crippen molar-refractivity contribution in [2.24, 2.45) is 5.92 Å². The highest BCUT2D eigenvalue weighted by atomic mass is 16.5. The first kappa shape index (κ1) is 25.9. The number of hydrogen-bond acceptors (Lipinski definition) is 6. The lowest BCUT2D eigenvalue weighted by molar-refractivity contribution is -0.151. The SMILES string of the molecule is CCOc1ccccc1[C@H]1[C@@H]2CCCC[C@@]2(O)CCN1C(=O)/C=C/c1cc(OC)c(OC)c(OC)c1. The van der Waals surface area contributed by atoms with Crippen molar-refractivity contribution in [1.82, 2.24) is 4.90 Å². The third kappa shape index (κ3) is 5.03. The van der Waals surface area contributed by atoms with Crippen LogP contribution in [0.1, 0.15) is 56.2 Å². The summed E-state index contributed by atoms with van der Waals surface area (Å²) in [6.45, 7) is 2.97. The van der Waals surface area contributed by atoms with Gasteiger partial charge in [-0.15, -0.1) is 0 Å². The molecule has 2 aromatic rings. The molecule has 0 aromatic heterocycles. The number of amides is 1. The fraction of sp³-hybridized carbons (Fsp3) is 0.483. The van der Waals surface area contributed by atoms with Crippen molar-refractivity contribution in [3.8, 4) is 23.0 Å². The topological polar surface area (TPSA) is 77.5 Å². The van der Waals surface area contributed by atoms with Crippen LogP contribution in [0.15, 0.2) is 42.5 Å². The Morgan fingerprint density at radius 1 is 1.06 bits per heavy atom. The number of ether oxygens (including phenoxy) is 4. The predicted molar refractivity (Wildman–Crippen MR) is 139 cm³/mol. The van der Waals surface area contributed by atoms with Crippen LogP contribution < -0.4 is 18.9 Å². The van der Waals surface area contributed by atoms with E-state index in [1.165, 1.54) is 0 Å². The van der Waals surface area contributed by atoms with Gasteiger partial charge in [0.2, 0.25) is 11.7 Å². The van der Waals surface area contributed by atoms with E-state index in [4.69, 9.17) is 18.9 Å². The van der Waals surface area contributed by atoms with E-state index in [-0.39, 0.29) is 17.9 Å². The van der Waals surface area contributed by atoms with Crippen LogP contribution in [0.25, 0.3) is 6.08 Å².